The number of hydrogen-bond acceptors (Lipinski definition) is 4. The second-order valence-corrected chi connectivity index (χ2v) is 11.8. The normalized spacial score (nSPS) is 22.4. The van der Waals surface area contributed by atoms with E-state index >= 15 is 4.39 Å². The van der Waals surface area contributed by atoms with E-state index in [1.54, 1.807) is 13.2 Å². The van der Waals surface area contributed by atoms with Crippen molar-refractivity contribution in [2.45, 2.75) is 58.0 Å². The van der Waals surface area contributed by atoms with Crippen LogP contribution in [0.15, 0.2) is 61.2 Å². The third-order valence-electron chi connectivity index (χ3n) is 9.20. The highest BCUT2D eigenvalue weighted by atomic mass is 19.1. The maximum atomic E-state index is 15.2. The van der Waals surface area contributed by atoms with Gasteiger partial charge < -0.3 is 9.47 Å². The summed E-state index contributed by atoms with van der Waals surface area (Å²) in [7, 11) is 1.64. The van der Waals surface area contributed by atoms with Gasteiger partial charge in [0.1, 0.15) is 23.9 Å². The first-order chi connectivity index (χ1) is 18.8. The topological polar surface area (TPSA) is 36.9 Å². The summed E-state index contributed by atoms with van der Waals surface area (Å²) in [6, 6.07) is 16.0. The number of halogens is 1. The van der Waals surface area contributed by atoms with Crippen LogP contribution in [-0.2, 0) is 28.2 Å². The molecule has 0 bridgehead atoms. The molecule has 204 valence electrons. The van der Waals surface area contributed by atoms with E-state index in [9.17, 15) is 0 Å². The average molecular weight is 529 g/mol. The molecule has 0 amide bonds. The van der Waals surface area contributed by atoms with E-state index in [1.807, 2.05) is 25.1 Å². The molecule has 3 aromatic carbocycles. The number of aryl methyl sites for hydroxylation is 1. The summed E-state index contributed by atoms with van der Waals surface area (Å²) >= 11 is 0. The minimum absolute atomic E-state index is 0.0730. The van der Waals surface area contributed by atoms with Crippen molar-refractivity contribution in [1.29, 1.82) is 0 Å². The molecule has 1 spiro atoms. The van der Waals surface area contributed by atoms with Crippen LogP contribution >= 0.6 is 0 Å². The van der Waals surface area contributed by atoms with Crippen molar-refractivity contribution < 1.29 is 23.6 Å². The van der Waals surface area contributed by atoms with Gasteiger partial charge in [0.2, 0.25) is 0 Å². The summed E-state index contributed by atoms with van der Waals surface area (Å²) in [5.41, 5.74) is 7.31. The molecule has 0 aliphatic heterocycles. The van der Waals surface area contributed by atoms with Crippen LogP contribution in [0, 0.1) is 17.2 Å². The van der Waals surface area contributed by atoms with E-state index in [4.69, 9.17) is 19.2 Å². The van der Waals surface area contributed by atoms with Crippen LogP contribution in [0.2, 0.25) is 0 Å². The van der Waals surface area contributed by atoms with Crippen LogP contribution in [0.3, 0.4) is 0 Å². The van der Waals surface area contributed by atoms with Gasteiger partial charge >= 0.3 is 0 Å². The Bertz CT molecular complexity index is 1430. The predicted molar refractivity (Wildman–Crippen MR) is 151 cm³/mol. The quantitative estimate of drug-likeness (QED) is 0.116. The van der Waals surface area contributed by atoms with Crippen molar-refractivity contribution in [2.24, 2.45) is 11.3 Å². The molecule has 3 aromatic rings. The summed E-state index contributed by atoms with van der Waals surface area (Å²) in [6.07, 6.45) is 5.36. The SMILES string of the molecule is C=CC(C)(C)C1c2cc(COc3ccc4c(c3)[C@]3(CC4)C[C@H]3COOCC)ccc2-c2c(F)ccc(OC)c21. The van der Waals surface area contributed by atoms with Gasteiger partial charge in [-0.15, -0.1) is 6.58 Å². The van der Waals surface area contributed by atoms with E-state index in [0.717, 1.165) is 47.3 Å². The minimum Gasteiger partial charge on any atom is -0.496 e. The van der Waals surface area contributed by atoms with Crippen LogP contribution in [0.1, 0.15) is 67.3 Å². The van der Waals surface area contributed by atoms with Gasteiger partial charge in [-0.25, -0.2) is 14.2 Å². The Morgan fingerprint density at radius 1 is 1.10 bits per heavy atom. The molecular formula is C34H37FO4. The third kappa shape index (κ3) is 4.27. The van der Waals surface area contributed by atoms with E-state index in [0.29, 0.717) is 37.1 Å². The Hall–Kier alpha value is -3.15. The highest BCUT2D eigenvalue weighted by molar-refractivity contribution is 5.82. The van der Waals surface area contributed by atoms with Gasteiger partial charge in [0, 0.05) is 22.5 Å². The van der Waals surface area contributed by atoms with Gasteiger partial charge in [-0.3, -0.25) is 0 Å². The maximum absolute atomic E-state index is 15.2. The summed E-state index contributed by atoms with van der Waals surface area (Å²) in [6.45, 7) is 12.0. The first-order valence-electron chi connectivity index (χ1n) is 14.0. The summed E-state index contributed by atoms with van der Waals surface area (Å²) in [5.74, 6) is 1.79. The largest absolute Gasteiger partial charge is 0.496 e. The van der Waals surface area contributed by atoms with E-state index in [1.165, 1.54) is 17.2 Å². The molecular weight excluding hydrogens is 491 g/mol. The fourth-order valence-electron chi connectivity index (χ4n) is 6.96. The number of fused-ring (bicyclic) bond motifs is 5. The monoisotopic (exact) mass is 528 g/mol. The number of rotatable bonds is 10. The lowest BCUT2D eigenvalue weighted by Gasteiger charge is -2.31. The molecule has 1 unspecified atom stereocenters. The van der Waals surface area contributed by atoms with Crippen LogP contribution in [0.5, 0.6) is 11.5 Å². The van der Waals surface area contributed by atoms with Crippen molar-refractivity contribution in [3.8, 4) is 22.6 Å². The van der Waals surface area contributed by atoms with E-state index in [-0.39, 0.29) is 22.6 Å². The van der Waals surface area contributed by atoms with Gasteiger partial charge in [0.15, 0.2) is 0 Å². The van der Waals surface area contributed by atoms with Gasteiger partial charge in [0.05, 0.1) is 20.3 Å². The second kappa shape index (κ2) is 9.79. The third-order valence-corrected chi connectivity index (χ3v) is 9.20. The van der Waals surface area contributed by atoms with Gasteiger partial charge in [-0.1, -0.05) is 44.2 Å². The lowest BCUT2D eigenvalue weighted by Crippen LogP contribution is -2.19. The standard InChI is InChI=1S/C34H37FO4/c1-6-33(3,4)32-26-16-21(8-11-25(26)30-28(35)12-13-29(36-5)31(30)32)19-37-24-10-9-22-14-15-34(27(22)17-24)18-23(34)20-39-38-7-2/h6,8-13,16-17,23,32H,1,7,14-15,18-20H2,2-5H3/t23-,32?,34+/m0/s1. The molecule has 3 atom stereocenters. The average Bonchev–Trinajstić information content (AvgIpc) is 3.35. The van der Waals surface area contributed by atoms with Crippen molar-refractivity contribution in [2.75, 3.05) is 20.3 Å². The highest BCUT2D eigenvalue weighted by Crippen LogP contribution is 2.62. The predicted octanol–water partition coefficient (Wildman–Crippen LogP) is 7.91. The summed E-state index contributed by atoms with van der Waals surface area (Å²) in [5, 5.41) is 0. The molecule has 0 aromatic heterocycles. The Morgan fingerprint density at radius 2 is 1.95 bits per heavy atom. The Morgan fingerprint density at radius 3 is 2.72 bits per heavy atom. The molecule has 4 nitrogen and oxygen atoms in total. The number of methoxy groups -OCH3 is 1. The summed E-state index contributed by atoms with van der Waals surface area (Å²) in [4.78, 5) is 10.5. The summed E-state index contributed by atoms with van der Waals surface area (Å²) < 4.78 is 27.2. The zero-order valence-electron chi connectivity index (χ0n) is 23.3. The van der Waals surface area contributed by atoms with Gasteiger partial charge in [-0.2, -0.15) is 0 Å². The molecule has 0 N–H and O–H groups in total. The fraction of sp³-hybridized carbons (Fsp3) is 0.412. The zero-order chi connectivity index (χ0) is 27.4. The molecule has 0 heterocycles. The molecule has 0 saturated heterocycles. The van der Waals surface area contributed by atoms with Gasteiger partial charge in [0.25, 0.3) is 0 Å². The molecule has 39 heavy (non-hydrogen) atoms. The minimum atomic E-state index is -0.304. The maximum Gasteiger partial charge on any atom is 0.131 e. The molecule has 0 radical (unpaired) electrons. The zero-order valence-corrected chi connectivity index (χ0v) is 23.3. The fourth-order valence-corrected chi connectivity index (χ4v) is 6.96. The highest BCUT2D eigenvalue weighted by Gasteiger charge is 2.58. The van der Waals surface area contributed by atoms with Crippen LogP contribution in [0.25, 0.3) is 11.1 Å². The number of benzene rings is 3. The van der Waals surface area contributed by atoms with Crippen molar-refractivity contribution in [1.82, 2.24) is 0 Å². The lowest BCUT2D eigenvalue weighted by atomic mass is 9.73. The molecule has 5 heteroatoms. The molecule has 3 aliphatic rings. The van der Waals surface area contributed by atoms with E-state index < -0.39 is 0 Å². The number of allylic oxidation sites excluding steroid dienone is 1. The van der Waals surface area contributed by atoms with Crippen LogP contribution in [0.4, 0.5) is 4.39 Å². The lowest BCUT2D eigenvalue weighted by molar-refractivity contribution is -0.294. The molecule has 1 fully saturated rings. The Balaban J connectivity index is 1.26. The van der Waals surface area contributed by atoms with E-state index in [2.05, 4.69) is 44.7 Å². The molecule has 3 aliphatic carbocycles. The Kier molecular flexibility index (Phi) is 6.55. The first-order valence-corrected chi connectivity index (χ1v) is 14.0. The van der Waals surface area contributed by atoms with Crippen molar-refractivity contribution in [3.05, 3.63) is 94.8 Å². The van der Waals surface area contributed by atoms with Crippen LogP contribution in [-0.4, -0.2) is 20.3 Å². The number of ether oxygens (including phenoxy) is 2. The smallest absolute Gasteiger partial charge is 0.131 e. The van der Waals surface area contributed by atoms with Crippen molar-refractivity contribution in [3.63, 3.8) is 0 Å². The molecule has 1 saturated carbocycles. The van der Waals surface area contributed by atoms with Gasteiger partial charge in [-0.05, 0) is 89.6 Å². The number of hydrogen-bond donors (Lipinski definition) is 0. The van der Waals surface area contributed by atoms with Crippen LogP contribution < -0.4 is 9.47 Å². The Labute approximate surface area is 230 Å². The van der Waals surface area contributed by atoms with Crippen molar-refractivity contribution >= 4 is 0 Å². The first kappa shape index (κ1) is 26.1. The molecule has 6 rings (SSSR count). The second-order valence-electron chi connectivity index (χ2n) is 11.8.